The molecule has 3 N–H and O–H groups in total. The van der Waals surface area contributed by atoms with Gasteiger partial charge in [-0.05, 0) is 71.1 Å². The molecule has 0 bridgehead atoms. The van der Waals surface area contributed by atoms with Gasteiger partial charge in [0.05, 0.1) is 26.5 Å². The molecule has 3 aromatic rings. The number of halogens is 1. The first kappa shape index (κ1) is 27.3. The van der Waals surface area contributed by atoms with Crippen LogP contribution < -0.4 is 15.7 Å². The number of rotatable bonds is 7. The standard InChI is InChI=1S/C19H13IN6O10S2/c20-11-1-3-12(4-2-11)23-19(15-7-6-14(37(31,32)33)10-18(15)38(34,35)36)21-24(22-23)16-8-5-13(25(27)28)9-17(16)26(29)30/h1-10,22H,(H,31,32,33)(H,34,35,36). The number of nitro groups is 2. The van der Waals surface area contributed by atoms with Crippen LogP contribution in [-0.4, -0.2) is 41.6 Å². The van der Waals surface area contributed by atoms with Crippen LogP contribution in [0.25, 0.3) is 0 Å². The maximum atomic E-state index is 12.2. The molecule has 19 heteroatoms. The Morgan fingerprint density at radius 3 is 2.08 bits per heavy atom. The minimum atomic E-state index is -5.10. The Labute approximate surface area is 227 Å². The number of hydrazine groups is 2. The van der Waals surface area contributed by atoms with Crippen molar-refractivity contribution in [2.24, 2.45) is 5.10 Å². The van der Waals surface area contributed by atoms with E-state index >= 15 is 0 Å². The summed E-state index contributed by atoms with van der Waals surface area (Å²) in [4.78, 5) is 19.3. The van der Waals surface area contributed by atoms with Crippen LogP contribution in [0.1, 0.15) is 5.56 Å². The van der Waals surface area contributed by atoms with E-state index in [9.17, 15) is 46.2 Å². The summed E-state index contributed by atoms with van der Waals surface area (Å²) in [5.74, 6) is -0.270. The molecule has 0 aromatic heterocycles. The molecule has 0 atom stereocenters. The third-order valence-corrected chi connectivity index (χ3v) is 7.51. The Bertz CT molecular complexity index is 1730. The van der Waals surface area contributed by atoms with Gasteiger partial charge in [-0.2, -0.15) is 22.0 Å². The highest BCUT2D eigenvalue weighted by atomic mass is 127. The third kappa shape index (κ3) is 5.41. The number of non-ortho nitro benzene ring substituents is 1. The second kappa shape index (κ2) is 9.85. The van der Waals surface area contributed by atoms with E-state index in [1.165, 1.54) is 5.01 Å². The summed E-state index contributed by atoms with van der Waals surface area (Å²) < 4.78 is 67.5. The molecule has 0 unspecified atom stereocenters. The second-order valence-electron chi connectivity index (χ2n) is 7.44. The van der Waals surface area contributed by atoms with Crippen molar-refractivity contribution >= 4 is 71.4 Å². The van der Waals surface area contributed by atoms with Gasteiger partial charge in [-0.25, -0.2) is 5.01 Å². The van der Waals surface area contributed by atoms with Crippen LogP contribution in [0.3, 0.4) is 0 Å². The summed E-state index contributed by atoms with van der Waals surface area (Å²) in [5.41, 5.74) is 1.14. The lowest BCUT2D eigenvalue weighted by atomic mass is 10.2. The topological polar surface area (TPSA) is 226 Å². The molecule has 0 saturated heterocycles. The van der Waals surface area contributed by atoms with Gasteiger partial charge in [-0.3, -0.25) is 29.3 Å². The fourth-order valence-corrected chi connectivity index (χ4v) is 5.02. The Morgan fingerprint density at radius 2 is 1.53 bits per heavy atom. The Hall–Kier alpha value is -3.76. The summed E-state index contributed by atoms with van der Waals surface area (Å²) in [6.07, 6.45) is 0. The van der Waals surface area contributed by atoms with Crippen molar-refractivity contribution in [1.82, 2.24) is 5.53 Å². The van der Waals surface area contributed by atoms with Gasteiger partial charge < -0.3 is 0 Å². The summed E-state index contributed by atoms with van der Waals surface area (Å²) in [5, 5.41) is 29.0. The molecule has 1 aliphatic heterocycles. The Morgan fingerprint density at radius 1 is 0.868 bits per heavy atom. The molecule has 0 spiro atoms. The zero-order valence-corrected chi connectivity index (χ0v) is 22.2. The van der Waals surface area contributed by atoms with Gasteiger partial charge in [0.2, 0.25) is 0 Å². The molecule has 198 valence electrons. The van der Waals surface area contributed by atoms with Crippen LogP contribution in [0.2, 0.25) is 0 Å². The maximum absolute atomic E-state index is 12.2. The van der Waals surface area contributed by atoms with Gasteiger partial charge in [-0.1, -0.05) is 0 Å². The molecule has 1 aliphatic rings. The summed E-state index contributed by atoms with van der Waals surface area (Å²) in [6.45, 7) is 0. The monoisotopic (exact) mass is 676 g/mol. The molecular weight excluding hydrogens is 663 g/mol. The highest BCUT2D eigenvalue weighted by Gasteiger charge is 2.34. The number of benzene rings is 3. The van der Waals surface area contributed by atoms with Crippen LogP contribution in [0.4, 0.5) is 22.7 Å². The van der Waals surface area contributed by atoms with Crippen molar-refractivity contribution in [3.8, 4) is 0 Å². The maximum Gasteiger partial charge on any atom is 0.303 e. The third-order valence-electron chi connectivity index (χ3n) is 5.05. The van der Waals surface area contributed by atoms with Gasteiger partial charge in [0.25, 0.3) is 25.9 Å². The Kier molecular flexibility index (Phi) is 7.07. The summed E-state index contributed by atoms with van der Waals surface area (Å²) >= 11 is 2.03. The van der Waals surface area contributed by atoms with Crippen molar-refractivity contribution in [2.75, 3.05) is 10.1 Å². The lowest BCUT2D eigenvalue weighted by Gasteiger charge is -2.23. The summed E-state index contributed by atoms with van der Waals surface area (Å²) in [7, 11) is -9.96. The van der Waals surface area contributed by atoms with E-state index in [-0.39, 0.29) is 17.1 Å². The fourth-order valence-electron chi connectivity index (χ4n) is 3.37. The summed E-state index contributed by atoms with van der Waals surface area (Å²) in [6, 6.07) is 11.6. The number of hydrogen-bond donors (Lipinski definition) is 3. The number of hydrogen-bond acceptors (Lipinski definition) is 12. The molecule has 0 saturated carbocycles. The second-order valence-corrected chi connectivity index (χ2v) is 11.5. The molecule has 0 fully saturated rings. The van der Waals surface area contributed by atoms with Crippen molar-refractivity contribution in [2.45, 2.75) is 9.79 Å². The van der Waals surface area contributed by atoms with Gasteiger partial charge >= 0.3 is 5.69 Å². The minimum absolute atomic E-state index is 0.269. The number of nitro benzene ring substituents is 2. The lowest BCUT2D eigenvalue weighted by molar-refractivity contribution is -0.393. The normalized spacial score (nSPS) is 13.9. The number of nitrogens with one attached hydrogen (secondary N) is 1. The van der Waals surface area contributed by atoms with Crippen molar-refractivity contribution in [1.29, 1.82) is 0 Å². The van der Waals surface area contributed by atoms with Gasteiger partial charge in [0.15, 0.2) is 11.5 Å². The van der Waals surface area contributed by atoms with Crippen LogP contribution in [0.15, 0.2) is 75.6 Å². The zero-order chi connectivity index (χ0) is 28.0. The average molecular weight is 676 g/mol. The van der Waals surface area contributed by atoms with E-state index in [1.54, 1.807) is 24.3 Å². The molecule has 16 nitrogen and oxygen atoms in total. The molecule has 0 radical (unpaired) electrons. The molecule has 0 amide bonds. The van der Waals surface area contributed by atoms with Gasteiger partial charge in [0.1, 0.15) is 4.90 Å². The van der Waals surface area contributed by atoms with Crippen molar-refractivity contribution in [3.05, 3.63) is 90.0 Å². The fraction of sp³-hybridized carbons (Fsp3) is 0. The molecule has 0 aliphatic carbocycles. The predicted octanol–water partition coefficient (Wildman–Crippen LogP) is 2.71. The van der Waals surface area contributed by atoms with Crippen molar-refractivity contribution in [3.63, 3.8) is 0 Å². The molecular formula is C19H13IN6O10S2. The van der Waals surface area contributed by atoms with Crippen molar-refractivity contribution < 1.29 is 35.8 Å². The van der Waals surface area contributed by atoms with Crippen LogP contribution in [0.5, 0.6) is 0 Å². The zero-order valence-electron chi connectivity index (χ0n) is 18.4. The first-order valence-corrected chi connectivity index (χ1v) is 13.9. The predicted molar refractivity (Wildman–Crippen MR) is 140 cm³/mol. The SMILES string of the molecule is O=[N+]([O-])c1ccc(N2N=C(c3ccc(S(=O)(=O)O)cc3S(=O)(=O)O)N(c3ccc(I)cc3)N2)c([N+](=O)[O-])c1. The van der Waals surface area contributed by atoms with Crippen LogP contribution in [0, 0.1) is 23.8 Å². The number of nitrogens with zero attached hydrogens (tertiary/aromatic N) is 5. The number of amidine groups is 1. The van der Waals surface area contributed by atoms with E-state index < -0.39 is 51.2 Å². The first-order valence-electron chi connectivity index (χ1n) is 9.90. The molecule has 38 heavy (non-hydrogen) atoms. The van der Waals surface area contributed by atoms with E-state index in [0.717, 1.165) is 33.0 Å². The first-order chi connectivity index (χ1) is 17.7. The number of hydrazone groups is 1. The highest BCUT2D eigenvalue weighted by Crippen LogP contribution is 2.35. The van der Waals surface area contributed by atoms with Gasteiger partial charge in [-0.15, -0.1) is 10.6 Å². The van der Waals surface area contributed by atoms with Gasteiger partial charge in [0, 0.05) is 15.2 Å². The quantitative estimate of drug-likeness (QED) is 0.142. The Balaban J connectivity index is 1.96. The average Bonchev–Trinajstić information content (AvgIpc) is 3.27. The van der Waals surface area contributed by atoms with E-state index in [0.29, 0.717) is 17.8 Å². The lowest BCUT2D eigenvalue weighted by Crippen LogP contribution is -2.44. The minimum Gasteiger partial charge on any atom is -0.282 e. The largest absolute Gasteiger partial charge is 0.303 e. The molecule has 3 aromatic carbocycles. The van der Waals surface area contributed by atoms with Crippen LogP contribution in [-0.2, 0) is 20.2 Å². The smallest absolute Gasteiger partial charge is 0.282 e. The van der Waals surface area contributed by atoms with E-state index in [4.69, 9.17) is 0 Å². The molecule has 4 rings (SSSR count). The van der Waals surface area contributed by atoms with E-state index in [2.05, 4.69) is 10.6 Å². The van der Waals surface area contributed by atoms with Crippen LogP contribution >= 0.6 is 22.6 Å². The van der Waals surface area contributed by atoms with E-state index in [1.807, 2.05) is 22.6 Å². The number of anilines is 2. The molecule has 1 heterocycles. The highest BCUT2D eigenvalue weighted by molar-refractivity contribution is 14.1.